The Bertz CT molecular complexity index is 319. The quantitative estimate of drug-likeness (QED) is 0.758. The molecule has 3 nitrogen and oxygen atoms in total. The minimum atomic E-state index is 0.0358. The van der Waals surface area contributed by atoms with Crippen molar-refractivity contribution in [3.05, 3.63) is 35.4 Å². The van der Waals surface area contributed by atoms with Gasteiger partial charge >= 0.3 is 0 Å². The Balaban J connectivity index is 2.45. The predicted octanol–water partition coefficient (Wildman–Crippen LogP) is 1.26. The summed E-state index contributed by atoms with van der Waals surface area (Å²) in [7, 11) is 0. The summed E-state index contributed by atoms with van der Waals surface area (Å²) in [6, 6.07) is 8.23. The fourth-order valence-electron chi connectivity index (χ4n) is 1.57. The minimum Gasteiger partial charge on any atom is -0.355 e. The van der Waals surface area contributed by atoms with E-state index in [2.05, 4.69) is 24.4 Å². The van der Waals surface area contributed by atoms with Crippen LogP contribution in [0.4, 0.5) is 0 Å². The lowest BCUT2D eigenvalue weighted by Gasteiger charge is -2.04. The molecule has 0 aromatic heterocycles. The molecule has 0 saturated carbocycles. The summed E-state index contributed by atoms with van der Waals surface area (Å²) in [5.74, 6) is 0.0358. The van der Waals surface area contributed by atoms with Crippen molar-refractivity contribution in [1.82, 2.24) is 5.32 Å². The monoisotopic (exact) mass is 220 g/mol. The normalized spacial score (nSPS) is 10.1. The lowest BCUT2D eigenvalue weighted by atomic mass is 10.1. The highest BCUT2D eigenvalue weighted by Gasteiger charge is 2.01. The summed E-state index contributed by atoms with van der Waals surface area (Å²) in [6.07, 6.45) is 2.68. The van der Waals surface area contributed by atoms with Crippen molar-refractivity contribution in [2.75, 3.05) is 13.1 Å². The number of aryl methyl sites for hydroxylation is 1. The predicted molar refractivity (Wildman–Crippen MR) is 66.2 cm³/mol. The number of rotatable bonds is 6. The van der Waals surface area contributed by atoms with Gasteiger partial charge in [-0.05, 0) is 17.5 Å². The molecule has 1 aromatic rings. The van der Waals surface area contributed by atoms with Gasteiger partial charge in [-0.1, -0.05) is 37.6 Å². The van der Waals surface area contributed by atoms with Gasteiger partial charge in [0.15, 0.2) is 0 Å². The summed E-state index contributed by atoms with van der Waals surface area (Å²) < 4.78 is 0. The molecule has 0 aliphatic heterocycles. The Kier molecular flexibility index (Phi) is 5.57. The summed E-state index contributed by atoms with van der Waals surface area (Å²) >= 11 is 0. The van der Waals surface area contributed by atoms with Gasteiger partial charge in [-0.15, -0.1) is 0 Å². The van der Waals surface area contributed by atoms with Gasteiger partial charge in [-0.25, -0.2) is 0 Å². The molecule has 3 N–H and O–H groups in total. The van der Waals surface area contributed by atoms with E-state index >= 15 is 0 Å². The van der Waals surface area contributed by atoms with E-state index in [4.69, 9.17) is 5.73 Å². The van der Waals surface area contributed by atoms with E-state index in [1.807, 2.05) is 12.1 Å². The molecule has 0 bridgehead atoms. The number of amides is 1. The van der Waals surface area contributed by atoms with Crippen LogP contribution in [0.25, 0.3) is 0 Å². The second-order valence-corrected chi connectivity index (χ2v) is 3.88. The van der Waals surface area contributed by atoms with Crippen molar-refractivity contribution in [2.45, 2.75) is 26.2 Å². The first-order chi connectivity index (χ1) is 7.76. The molecular formula is C13H20N2O. The third-order valence-corrected chi connectivity index (χ3v) is 2.39. The lowest BCUT2D eigenvalue weighted by molar-refractivity contribution is -0.120. The Morgan fingerprint density at radius 2 is 1.88 bits per heavy atom. The number of carbonyl (C=O) groups excluding carboxylic acids is 1. The van der Waals surface area contributed by atoms with E-state index in [1.165, 1.54) is 5.56 Å². The molecule has 0 heterocycles. The molecule has 1 aromatic carbocycles. The minimum absolute atomic E-state index is 0.0358. The first kappa shape index (κ1) is 12.7. The number of carbonyl (C=O) groups is 1. The van der Waals surface area contributed by atoms with E-state index in [0.29, 0.717) is 19.5 Å². The Labute approximate surface area is 97.0 Å². The summed E-state index contributed by atoms with van der Waals surface area (Å²) in [6.45, 7) is 3.20. The van der Waals surface area contributed by atoms with Crippen molar-refractivity contribution >= 4 is 5.91 Å². The molecule has 0 saturated heterocycles. The van der Waals surface area contributed by atoms with Crippen molar-refractivity contribution in [3.8, 4) is 0 Å². The zero-order valence-corrected chi connectivity index (χ0v) is 9.83. The number of nitrogens with two attached hydrogens (primary N) is 1. The standard InChI is InChI=1S/C13H20N2O/c1-2-3-11-4-6-12(7-5-11)10-13(16)15-9-8-14/h4-7H,2-3,8-10,14H2,1H3,(H,15,16). The van der Waals surface area contributed by atoms with Gasteiger partial charge < -0.3 is 11.1 Å². The maximum absolute atomic E-state index is 11.4. The van der Waals surface area contributed by atoms with Gasteiger partial charge in [0, 0.05) is 13.1 Å². The number of hydrogen-bond acceptors (Lipinski definition) is 2. The van der Waals surface area contributed by atoms with Crippen LogP contribution >= 0.6 is 0 Å². The summed E-state index contributed by atoms with van der Waals surface area (Å²) in [4.78, 5) is 11.4. The molecule has 0 aliphatic carbocycles. The molecule has 0 unspecified atom stereocenters. The van der Waals surface area contributed by atoms with Crippen LogP contribution in [-0.2, 0) is 17.6 Å². The zero-order valence-electron chi connectivity index (χ0n) is 9.83. The van der Waals surface area contributed by atoms with Gasteiger partial charge in [-0.3, -0.25) is 4.79 Å². The van der Waals surface area contributed by atoms with Crippen LogP contribution in [0.5, 0.6) is 0 Å². The van der Waals surface area contributed by atoms with E-state index in [0.717, 1.165) is 18.4 Å². The fraction of sp³-hybridized carbons (Fsp3) is 0.462. The molecular weight excluding hydrogens is 200 g/mol. The van der Waals surface area contributed by atoms with Crippen molar-refractivity contribution in [1.29, 1.82) is 0 Å². The van der Waals surface area contributed by atoms with Crippen LogP contribution in [0.3, 0.4) is 0 Å². The first-order valence-corrected chi connectivity index (χ1v) is 5.81. The molecule has 0 spiro atoms. The van der Waals surface area contributed by atoms with Crippen LogP contribution < -0.4 is 11.1 Å². The Hall–Kier alpha value is -1.35. The third-order valence-electron chi connectivity index (χ3n) is 2.39. The highest BCUT2D eigenvalue weighted by atomic mass is 16.1. The highest BCUT2D eigenvalue weighted by molar-refractivity contribution is 5.78. The van der Waals surface area contributed by atoms with Gasteiger partial charge in [0.25, 0.3) is 0 Å². The lowest BCUT2D eigenvalue weighted by Crippen LogP contribution is -2.30. The van der Waals surface area contributed by atoms with Crippen LogP contribution in [0.2, 0.25) is 0 Å². The SMILES string of the molecule is CCCc1ccc(CC(=O)NCCN)cc1. The molecule has 0 aliphatic rings. The van der Waals surface area contributed by atoms with Gasteiger partial charge in [-0.2, -0.15) is 0 Å². The summed E-state index contributed by atoms with van der Waals surface area (Å²) in [5.41, 5.74) is 7.69. The van der Waals surface area contributed by atoms with Crippen LogP contribution in [0.15, 0.2) is 24.3 Å². The van der Waals surface area contributed by atoms with E-state index in [9.17, 15) is 4.79 Å². The molecule has 0 atom stereocenters. The second kappa shape index (κ2) is 7.01. The van der Waals surface area contributed by atoms with Crippen LogP contribution in [0.1, 0.15) is 24.5 Å². The van der Waals surface area contributed by atoms with Crippen LogP contribution in [0, 0.1) is 0 Å². The number of benzene rings is 1. The van der Waals surface area contributed by atoms with Gasteiger partial charge in [0.05, 0.1) is 6.42 Å². The largest absolute Gasteiger partial charge is 0.355 e. The Morgan fingerprint density at radius 1 is 1.25 bits per heavy atom. The van der Waals surface area contributed by atoms with Crippen molar-refractivity contribution < 1.29 is 4.79 Å². The average Bonchev–Trinajstić information content (AvgIpc) is 2.29. The number of nitrogens with one attached hydrogen (secondary N) is 1. The van der Waals surface area contributed by atoms with Gasteiger partial charge in [0.1, 0.15) is 0 Å². The molecule has 0 fully saturated rings. The average molecular weight is 220 g/mol. The molecule has 1 amide bonds. The van der Waals surface area contributed by atoms with E-state index in [-0.39, 0.29) is 5.91 Å². The van der Waals surface area contributed by atoms with Crippen molar-refractivity contribution in [2.24, 2.45) is 5.73 Å². The molecule has 0 radical (unpaired) electrons. The van der Waals surface area contributed by atoms with E-state index < -0.39 is 0 Å². The highest BCUT2D eigenvalue weighted by Crippen LogP contribution is 2.07. The second-order valence-electron chi connectivity index (χ2n) is 3.88. The van der Waals surface area contributed by atoms with Crippen LogP contribution in [-0.4, -0.2) is 19.0 Å². The zero-order chi connectivity index (χ0) is 11.8. The maximum atomic E-state index is 11.4. The molecule has 88 valence electrons. The molecule has 16 heavy (non-hydrogen) atoms. The smallest absolute Gasteiger partial charge is 0.224 e. The fourth-order valence-corrected chi connectivity index (χ4v) is 1.57. The summed E-state index contributed by atoms with van der Waals surface area (Å²) in [5, 5.41) is 2.76. The number of hydrogen-bond donors (Lipinski definition) is 2. The van der Waals surface area contributed by atoms with E-state index in [1.54, 1.807) is 0 Å². The van der Waals surface area contributed by atoms with Crippen molar-refractivity contribution in [3.63, 3.8) is 0 Å². The van der Waals surface area contributed by atoms with Gasteiger partial charge in [0.2, 0.25) is 5.91 Å². The molecule has 1 rings (SSSR count). The topological polar surface area (TPSA) is 55.1 Å². The maximum Gasteiger partial charge on any atom is 0.224 e. The molecule has 3 heteroatoms. The third kappa shape index (κ3) is 4.45. The Morgan fingerprint density at radius 3 is 2.44 bits per heavy atom. The first-order valence-electron chi connectivity index (χ1n) is 5.81.